The Morgan fingerprint density at radius 1 is 1.04 bits per heavy atom. The Morgan fingerprint density at radius 3 is 2.46 bits per heavy atom. The number of hydrogen-bond donors (Lipinski definition) is 3. The van der Waals surface area contributed by atoms with Crippen molar-refractivity contribution in [3.8, 4) is 17.2 Å². The van der Waals surface area contributed by atoms with Crippen LogP contribution >= 0.6 is 55.1 Å². The first-order chi connectivity index (χ1) is 22.0. The highest BCUT2D eigenvalue weighted by atomic mass is 79.9. The highest BCUT2D eigenvalue weighted by Gasteiger charge is 2.32. The summed E-state index contributed by atoms with van der Waals surface area (Å²) in [5, 5.41) is 10.4. The van der Waals surface area contributed by atoms with Gasteiger partial charge in [-0.3, -0.25) is 4.79 Å². The number of nitrogens with zero attached hydrogens (tertiary/aromatic N) is 1. The molecular weight excluding hydrogens is 771 g/mol. The Bertz CT molecular complexity index is 1700. The number of nitrogens with one attached hydrogen (secondary N) is 3. The fourth-order valence-electron chi connectivity index (χ4n) is 4.34. The molecule has 0 unspecified atom stereocenters. The number of hydrazone groups is 1. The maximum absolute atomic E-state index is 12.6. The summed E-state index contributed by atoms with van der Waals surface area (Å²) in [4.78, 5) is 37.2. The minimum Gasteiger partial charge on any atom is -0.493 e. The summed E-state index contributed by atoms with van der Waals surface area (Å²) in [6.07, 6.45) is 1.46. The molecule has 11 nitrogen and oxygen atoms in total. The first kappa shape index (κ1) is 35.1. The Balaban J connectivity index is 1.36. The molecule has 3 N–H and O–H groups in total. The van der Waals surface area contributed by atoms with Gasteiger partial charge in [-0.15, -0.1) is 0 Å². The van der Waals surface area contributed by atoms with Crippen molar-refractivity contribution >= 4 is 79.2 Å². The Labute approximate surface area is 291 Å². The Morgan fingerprint density at radius 2 is 1.78 bits per heavy atom. The molecule has 4 rings (SSSR count). The first-order valence-corrected chi connectivity index (χ1v) is 16.0. The van der Waals surface area contributed by atoms with Crippen LogP contribution in [0.1, 0.15) is 36.6 Å². The number of carbonyl (C=O) groups excluding carboxylic acids is 3. The lowest BCUT2D eigenvalue weighted by molar-refractivity contribution is -0.139. The van der Waals surface area contributed by atoms with Crippen LogP contribution in [-0.4, -0.2) is 44.4 Å². The molecule has 46 heavy (non-hydrogen) atoms. The zero-order valence-corrected chi connectivity index (χ0v) is 29.4. The Kier molecular flexibility index (Phi) is 12.3. The van der Waals surface area contributed by atoms with Crippen molar-refractivity contribution in [3.63, 3.8) is 0 Å². The zero-order chi connectivity index (χ0) is 33.4. The molecule has 3 aromatic rings. The summed E-state index contributed by atoms with van der Waals surface area (Å²) >= 11 is 19.2. The number of halogens is 4. The number of amides is 3. The molecule has 1 atom stereocenters. The van der Waals surface area contributed by atoms with Crippen molar-refractivity contribution < 1.29 is 33.3 Å². The van der Waals surface area contributed by atoms with Gasteiger partial charge in [0.05, 0.1) is 40.5 Å². The summed E-state index contributed by atoms with van der Waals surface area (Å²) in [7, 11) is 1.43. The number of rotatable bonds is 12. The smallest absolute Gasteiger partial charge is 0.338 e. The van der Waals surface area contributed by atoms with Crippen LogP contribution in [0.2, 0.25) is 10.0 Å². The van der Waals surface area contributed by atoms with Crippen LogP contribution in [0.25, 0.3) is 0 Å². The minimum absolute atomic E-state index is 0.177. The number of urea groups is 1. The molecule has 0 radical (unpaired) electrons. The SMILES string of the molecule is CCOC(=O)C1=C(C)NC(=O)N[C@H]1c1ccc(OCC(=O)N/N=C\c2cc(Br)c(OCc3ccc(Cl)cc3Cl)c(Br)c2)c(OC)c1. The number of hydrogen-bond acceptors (Lipinski definition) is 8. The van der Waals surface area contributed by atoms with E-state index in [0.29, 0.717) is 41.6 Å². The molecule has 0 saturated heterocycles. The van der Waals surface area contributed by atoms with Gasteiger partial charge in [-0.25, -0.2) is 15.0 Å². The van der Waals surface area contributed by atoms with Crippen molar-refractivity contribution in [1.29, 1.82) is 0 Å². The van der Waals surface area contributed by atoms with E-state index in [1.807, 2.05) is 0 Å². The third-order valence-electron chi connectivity index (χ3n) is 6.45. The van der Waals surface area contributed by atoms with Gasteiger partial charge in [0.1, 0.15) is 12.4 Å². The summed E-state index contributed by atoms with van der Waals surface area (Å²) in [5.41, 5.74) is 5.07. The largest absolute Gasteiger partial charge is 0.493 e. The number of esters is 1. The predicted molar refractivity (Wildman–Crippen MR) is 181 cm³/mol. The molecule has 0 aliphatic carbocycles. The molecule has 0 fully saturated rings. The third-order valence-corrected chi connectivity index (χ3v) is 8.22. The molecule has 0 aromatic heterocycles. The van der Waals surface area contributed by atoms with Crippen LogP contribution in [0.5, 0.6) is 17.2 Å². The lowest BCUT2D eigenvalue weighted by Crippen LogP contribution is -2.45. The summed E-state index contributed by atoms with van der Waals surface area (Å²) in [5.74, 6) is 0.0446. The standard InChI is InChI=1S/C31H28Br2Cl2N4O7/c1-4-44-30(41)27-16(2)37-31(42)38-28(27)18-6-8-24(25(11-18)43-3)45-15-26(40)39-36-13-17-9-21(32)29(22(33)10-17)46-14-19-5-7-20(34)12-23(19)35/h5-13,28H,4,14-15H2,1-3H3,(H,39,40)(H2,37,38,42)/b36-13-/t28-/m0/s1. The van der Waals surface area contributed by atoms with E-state index < -0.39 is 23.9 Å². The normalized spacial score (nSPS) is 14.4. The molecule has 0 saturated carbocycles. The van der Waals surface area contributed by atoms with E-state index in [0.717, 1.165) is 5.56 Å². The van der Waals surface area contributed by atoms with E-state index in [-0.39, 0.29) is 36.9 Å². The lowest BCUT2D eigenvalue weighted by Gasteiger charge is -2.28. The number of ether oxygens (including phenoxy) is 4. The fraction of sp³-hybridized carbons (Fsp3) is 0.226. The van der Waals surface area contributed by atoms with Gasteiger partial charge in [-0.05, 0) is 93.2 Å². The second-order valence-corrected chi connectivity index (χ2v) is 12.2. The van der Waals surface area contributed by atoms with Crippen LogP contribution in [0, 0.1) is 0 Å². The van der Waals surface area contributed by atoms with Crippen molar-refractivity contribution in [1.82, 2.24) is 16.1 Å². The maximum atomic E-state index is 12.6. The number of allylic oxidation sites excluding steroid dienone is 1. The van der Waals surface area contributed by atoms with Crippen molar-refractivity contribution in [2.75, 3.05) is 20.3 Å². The second-order valence-electron chi connectivity index (χ2n) is 9.62. The van der Waals surface area contributed by atoms with Gasteiger partial charge in [0.2, 0.25) is 0 Å². The average molecular weight is 799 g/mol. The minimum atomic E-state index is -0.781. The molecule has 1 aliphatic heterocycles. The van der Waals surface area contributed by atoms with E-state index in [9.17, 15) is 14.4 Å². The van der Waals surface area contributed by atoms with Gasteiger partial charge in [0.15, 0.2) is 18.1 Å². The Hall–Kier alpha value is -3.78. The summed E-state index contributed by atoms with van der Waals surface area (Å²) in [6, 6.07) is 12.3. The third kappa shape index (κ3) is 8.93. The predicted octanol–water partition coefficient (Wildman–Crippen LogP) is 6.83. The molecular formula is C31H28Br2Cl2N4O7. The van der Waals surface area contributed by atoms with Gasteiger partial charge in [0, 0.05) is 21.3 Å². The number of carbonyl (C=O) groups is 3. The topological polar surface area (TPSA) is 137 Å². The van der Waals surface area contributed by atoms with E-state index >= 15 is 0 Å². The van der Waals surface area contributed by atoms with Gasteiger partial charge in [-0.1, -0.05) is 35.3 Å². The monoisotopic (exact) mass is 796 g/mol. The molecule has 242 valence electrons. The van der Waals surface area contributed by atoms with Crippen molar-refractivity contribution in [3.05, 3.63) is 95.5 Å². The molecule has 0 bridgehead atoms. The van der Waals surface area contributed by atoms with E-state index in [1.165, 1.54) is 13.3 Å². The lowest BCUT2D eigenvalue weighted by atomic mass is 9.95. The zero-order valence-electron chi connectivity index (χ0n) is 24.7. The number of methoxy groups -OCH3 is 1. The van der Waals surface area contributed by atoms with Gasteiger partial charge in [0.25, 0.3) is 5.91 Å². The van der Waals surface area contributed by atoms with E-state index in [4.69, 9.17) is 42.1 Å². The molecule has 0 spiro atoms. The van der Waals surface area contributed by atoms with Crippen LogP contribution < -0.4 is 30.3 Å². The van der Waals surface area contributed by atoms with Crippen LogP contribution in [0.15, 0.2) is 73.8 Å². The highest BCUT2D eigenvalue weighted by molar-refractivity contribution is 9.11. The fourth-order valence-corrected chi connectivity index (χ4v) is 6.26. The van der Waals surface area contributed by atoms with E-state index in [1.54, 1.807) is 62.4 Å². The quantitative estimate of drug-likeness (QED) is 0.104. The average Bonchev–Trinajstić information content (AvgIpc) is 3.00. The van der Waals surface area contributed by atoms with Crippen LogP contribution in [0.4, 0.5) is 4.79 Å². The summed E-state index contributed by atoms with van der Waals surface area (Å²) in [6.45, 7) is 3.36. The second kappa shape index (κ2) is 16.2. The first-order valence-electron chi connectivity index (χ1n) is 13.6. The van der Waals surface area contributed by atoms with Crippen molar-refractivity contribution in [2.45, 2.75) is 26.5 Å². The van der Waals surface area contributed by atoms with Crippen molar-refractivity contribution in [2.24, 2.45) is 5.10 Å². The maximum Gasteiger partial charge on any atom is 0.338 e. The molecule has 15 heteroatoms. The van der Waals surface area contributed by atoms with Crippen LogP contribution in [0.3, 0.4) is 0 Å². The molecule has 1 heterocycles. The summed E-state index contributed by atoms with van der Waals surface area (Å²) < 4.78 is 23.5. The van der Waals surface area contributed by atoms with Crippen LogP contribution in [-0.2, 0) is 20.9 Å². The molecule has 3 amide bonds. The highest BCUT2D eigenvalue weighted by Crippen LogP contribution is 2.36. The number of benzene rings is 3. The molecule has 3 aromatic carbocycles. The van der Waals surface area contributed by atoms with Gasteiger partial charge in [-0.2, -0.15) is 5.10 Å². The van der Waals surface area contributed by atoms with Gasteiger partial charge >= 0.3 is 12.0 Å². The molecule has 1 aliphatic rings. The van der Waals surface area contributed by atoms with Gasteiger partial charge < -0.3 is 29.6 Å². The van der Waals surface area contributed by atoms with E-state index in [2.05, 4.69) is 53.0 Å².